The van der Waals surface area contributed by atoms with E-state index in [2.05, 4.69) is 29.1 Å². The van der Waals surface area contributed by atoms with Gasteiger partial charge in [0.05, 0.1) is 11.1 Å². The number of amides is 1. The molecule has 17 heavy (non-hydrogen) atoms. The number of carbonyl (C=O) groups excluding carboxylic acids is 1. The van der Waals surface area contributed by atoms with E-state index >= 15 is 0 Å². The van der Waals surface area contributed by atoms with Crippen LogP contribution in [0.5, 0.6) is 0 Å². The van der Waals surface area contributed by atoms with Crippen LogP contribution in [0.3, 0.4) is 0 Å². The minimum absolute atomic E-state index is 0.0278. The van der Waals surface area contributed by atoms with Crippen LogP contribution >= 0.6 is 15.9 Å². The molecule has 1 amide bonds. The van der Waals surface area contributed by atoms with Gasteiger partial charge in [0.1, 0.15) is 0 Å². The first-order chi connectivity index (χ1) is 7.90. The van der Waals surface area contributed by atoms with Crippen molar-refractivity contribution in [1.82, 2.24) is 0 Å². The number of hydrogen-bond acceptors (Lipinski definition) is 2. The highest BCUT2D eigenvalue weighted by Gasteiger charge is 2.02. The summed E-state index contributed by atoms with van der Waals surface area (Å²) < 4.78 is 0.738. The third-order valence-electron chi connectivity index (χ3n) is 1.66. The van der Waals surface area contributed by atoms with Crippen LogP contribution in [-0.2, 0) is 4.79 Å². The molecule has 4 nitrogen and oxygen atoms in total. The molecule has 90 valence electrons. The largest absolute Gasteiger partial charge is 0.478 e. The molecule has 0 aliphatic rings. The average molecular weight is 298 g/mol. The normalized spacial score (nSPS) is 8.53. The smallest absolute Gasteiger partial charge is 0.335 e. The second-order valence-electron chi connectivity index (χ2n) is 2.88. The lowest BCUT2D eigenvalue weighted by molar-refractivity contribution is -0.132. The molecule has 0 bridgehead atoms. The Balaban J connectivity index is 0.000000325. The number of hydrogen-bond donors (Lipinski definition) is 2. The number of benzene rings is 1. The van der Waals surface area contributed by atoms with Crippen LogP contribution in [0, 0.1) is 0 Å². The molecule has 0 fully saturated rings. The summed E-state index contributed by atoms with van der Waals surface area (Å²) in [7, 11) is 0. The average Bonchev–Trinajstić information content (AvgIpc) is 2.28. The lowest BCUT2D eigenvalue weighted by Crippen LogP contribution is -2.11. The van der Waals surface area contributed by atoms with E-state index in [-0.39, 0.29) is 5.57 Å². The van der Waals surface area contributed by atoms with Gasteiger partial charge < -0.3 is 10.8 Å². The van der Waals surface area contributed by atoms with Crippen molar-refractivity contribution >= 4 is 27.8 Å². The first-order valence-electron chi connectivity index (χ1n) is 4.49. The number of carboxylic acid groups (broad SMARTS) is 1. The maximum atomic E-state index is 10.6. The molecular weight excluding hydrogens is 286 g/mol. The fourth-order valence-corrected chi connectivity index (χ4v) is 1.23. The van der Waals surface area contributed by atoms with Crippen molar-refractivity contribution in [2.45, 2.75) is 0 Å². The second-order valence-corrected chi connectivity index (χ2v) is 3.73. The fraction of sp³-hybridized carbons (Fsp3) is 0. The Morgan fingerprint density at radius 1 is 1.35 bits per heavy atom. The van der Waals surface area contributed by atoms with E-state index in [9.17, 15) is 9.59 Å². The Labute approximate surface area is 108 Å². The van der Waals surface area contributed by atoms with Gasteiger partial charge in [0.2, 0.25) is 5.91 Å². The van der Waals surface area contributed by atoms with Crippen molar-refractivity contribution in [3.63, 3.8) is 0 Å². The van der Waals surface area contributed by atoms with Crippen LogP contribution in [0.4, 0.5) is 0 Å². The van der Waals surface area contributed by atoms with Crippen molar-refractivity contribution in [2.24, 2.45) is 5.73 Å². The summed E-state index contributed by atoms with van der Waals surface area (Å²) in [4.78, 5) is 20.4. The topological polar surface area (TPSA) is 80.4 Å². The van der Waals surface area contributed by atoms with Crippen LogP contribution < -0.4 is 5.73 Å². The monoisotopic (exact) mass is 297 g/mol. The number of carboxylic acids is 1. The quantitative estimate of drug-likeness (QED) is 0.664. The van der Waals surface area contributed by atoms with Gasteiger partial charge >= 0.3 is 5.97 Å². The van der Waals surface area contributed by atoms with Gasteiger partial charge in [0, 0.05) is 4.47 Å². The second kappa shape index (κ2) is 7.40. The van der Waals surface area contributed by atoms with E-state index in [0.717, 1.165) is 4.47 Å². The van der Waals surface area contributed by atoms with Gasteiger partial charge in [0.25, 0.3) is 0 Å². The predicted octanol–water partition coefficient (Wildman–Crippen LogP) is 2.36. The van der Waals surface area contributed by atoms with Crippen molar-refractivity contribution in [1.29, 1.82) is 0 Å². The molecule has 0 aromatic heterocycles. The van der Waals surface area contributed by atoms with E-state index in [1.807, 2.05) is 6.07 Å². The number of nitrogens with two attached hydrogens (primary N) is 1. The first kappa shape index (κ1) is 15.1. The zero-order chi connectivity index (χ0) is 13.4. The zero-order valence-electron chi connectivity index (χ0n) is 9.02. The molecule has 0 heterocycles. The van der Waals surface area contributed by atoms with Gasteiger partial charge in [-0.05, 0) is 28.1 Å². The van der Waals surface area contributed by atoms with Gasteiger partial charge in [-0.3, -0.25) is 4.79 Å². The number of rotatable bonds is 3. The predicted molar refractivity (Wildman–Crippen MR) is 69.6 cm³/mol. The summed E-state index contributed by atoms with van der Waals surface area (Å²) in [6.45, 7) is 6.36. The summed E-state index contributed by atoms with van der Waals surface area (Å²) >= 11 is 3.20. The highest BCUT2D eigenvalue weighted by Crippen LogP contribution is 2.14. The third kappa shape index (κ3) is 5.67. The fourth-order valence-electron chi connectivity index (χ4n) is 0.748. The maximum Gasteiger partial charge on any atom is 0.335 e. The standard InChI is InChI=1S/C7H6BrNO.C5H6O2/c8-6-4-2-1-3-5(6)7(9)10;1-3-4(2)5(6)7/h1-4H,(H2,9,10);3H,1-2H2,(H,6,7). The summed E-state index contributed by atoms with van der Waals surface area (Å²) in [5.41, 5.74) is 5.59. The van der Waals surface area contributed by atoms with Crippen LogP contribution in [-0.4, -0.2) is 17.0 Å². The summed E-state index contributed by atoms with van der Waals surface area (Å²) in [5.74, 6) is -1.43. The number of halogens is 1. The molecule has 0 spiro atoms. The highest BCUT2D eigenvalue weighted by molar-refractivity contribution is 9.10. The Kier molecular flexibility index (Phi) is 6.58. The summed E-state index contributed by atoms with van der Waals surface area (Å²) in [6.07, 6.45) is 1.20. The van der Waals surface area contributed by atoms with E-state index in [1.54, 1.807) is 18.2 Å². The molecule has 1 rings (SSSR count). The lowest BCUT2D eigenvalue weighted by Gasteiger charge is -1.95. The van der Waals surface area contributed by atoms with Crippen LogP contribution in [0.15, 0.2) is 53.5 Å². The van der Waals surface area contributed by atoms with E-state index in [4.69, 9.17) is 10.8 Å². The van der Waals surface area contributed by atoms with E-state index in [1.165, 1.54) is 6.08 Å². The molecule has 0 saturated heterocycles. The molecule has 1 aromatic rings. The van der Waals surface area contributed by atoms with Crippen molar-refractivity contribution in [2.75, 3.05) is 0 Å². The molecule has 0 atom stereocenters. The number of aliphatic carboxylic acids is 1. The Bertz CT molecular complexity index is 455. The number of primary amides is 1. The van der Waals surface area contributed by atoms with E-state index < -0.39 is 11.9 Å². The van der Waals surface area contributed by atoms with Gasteiger partial charge in [-0.1, -0.05) is 31.4 Å². The molecule has 1 aromatic carbocycles. The third-order valence-corrected chi connectivity index (χ3v) is 2.35. The number of carbonyl (C=O) groups is 2. The molecule has 0 aliphatic carbocycles. The zero-order valence-corrected chi connectivity index (χ0v) is 10.6. The Hall–Kier alpha value is -1.88. The van der Waals surface area contributed by atoms with Gasteiger partial charge in [-0.2, -0.15) is 0 Å². The SMILES string of the molecule is C=CC(=C)C(=O)O.NC(=O)c1ccccc1Br. The van der Waals surface area contributed by atoms with Crippen LogP contribution in [0.1, 0.15) is 10.4 Å². The molecule has 3 N–H and O–H groups in total. The van der Waals surface area contributed by atoms with Crippen molar-refractivity contribution in [3.05, 3.63) is 59.1 Å². The molecule has 0 radical (unpaired) electrons. The molecular formula is C12H12BrNO3. The molecule has 0 aliphatic heterocycles. The molecule has 0 saturated carbocycles. The van der Waals surface area contributed by atoms with Gasteiger partial charge in [0.15, 0.2) is 0 Å². The minimum Gasteiger partial charge on any atom is -0.478 e. The lowest BCUT2D eigenvalue weighted by atomic mass is 10.2. The summed E-state index contributed by atoms with van der Waals surface area (Å²) in [6, 6.07) is 7.05. The van der Waals surface area contributed by atoms with Crippen molar-refractivity contribution in [3.8, 4) is 0 Å². The Morgan fingerprint density at radius 2 is 1.88 bits per heavy atom. The highest BCUT2D eigenvalue weighted by atomic mass is 79.9. The molecule has 0 unspecified atom stereocenters. The van der Waals surface area contributed by atoms with Crippen LogP contribution in [0.25, 0.3) is 0 Å². The van der Waals surface area contributed by atoms with Gasteiger partial charge in [-0.15, -0.1) is 0 Å². The summed E-state index contributed by atoms with van der Waals surface area (Å²) in [5, 5.41) is 8.01. The van der Waals surface area contributed by atoms with E-state index in [0.29, 0.717) is 5.56 Å². The Morgan fingerprint density at radius 3 is 2.12 bits per heavy atom. The first-order valence-corrected chi connectivity index (χ1v) is 5.28. The molecule has 5 heteroatoms. The van der Waals surface area contributed by atoms with Crippen molar-refractivity contribution < 1.29 is 14.7 Å². The maximum absolute atomic E-state index is 10.6. The van der Waals surface area contributed by atoms with Crippen LogP contribution in [0.2, 0.25) is 0 Å². The van der Waals surface area contributed by atoms with Gasteiger partial charge in [-0.25, -0.2) is 4.79 Å². The minimum atomic E-state index is -1.02.